The molecule has 0 aromatic heterocycles. The fraction of sp³-hybridized carbons (Fsp3) is 1.00. The summed E-state index contributed by atoms with van der Waals surface area (Å²) >= 11 is 0. The molecule has 0 aliphatic heterocycles. The average Bonchev–Trinajstić information content (AvgIpc) is 2.50. The highest BCUT2D eigenvalue weighted by Crippen LogP contribution is 2.13. The molecule has 30 heavy (non-hydrogen) atoms. The van der Waals surface area contributed by atoms with Crippen LogP contribution in [0.1, 0.15) is 29.7 Å². The van der Waals surface area contributed by atoms with Crippen molar-refractivity contribution in [3.05, 3.63) is 0 Å². The van der Waals surface area contributed by atoms with E-state index in [0.29, 0.717) is 0 Å². The van der Waals surface area contributed by atoms with E-state index in [-0.39, 0.29) is 29.7 Å². The van der Waals surface area contributed by atoms with Crippen molar-refractivity contribution in [1.82, 2.24) is 0 Å². The summed E-state index contributed by atoms with van der Waals surface area (Å²) in [6.07, 6.45) is -5.50. The molecule has 0 atom stereocenters. The lowest BCUT2D eigenvalue weighted by atomic mass is 11.4. The highest BCUT2D eigenvalue weighted by atomic mass is 19.5. The molecular formula is C12H30F16O2. The van der Waals surface area contributed by atoms with Crippen LogP contribution in [0.15, 0.2) is 0 Å². The van der Waals surface area contributed by atoms with Crippen molar-refractivity contribution in [2.45, 2.75) is 36.1 Å². The lowest BCUT2D eigenvalue weighted by Gasteiger charge is -1.82. The van der Waals surface area contributed by atoms with Crippen LogP contribution in [0.4, 0.5) is 70.4 Å². The van der Waals surface area contributed by atoms with Crippen LogP contribution in [0.25, 0.3) is 0 Å². The van der Waals surface area contributed by atoms with Gasteiger partial charge in [0.05, 0.1) is 0 Å². The normalized spacial score (nSPS) is 6.80. The van der Waals surface area contributed by atoms with E-state index in [0.717, 1.165) is 0 Å². The van der Waals surface area contributed by atoms with Gasteiger partial charge in [-0.3, -0.25) is 0 Å². The van der Waals surface area contributed by atoms with Gasteiger partial charge in [0.1, 0.15) is 0 Å². The fourth-order valence-electron chi connectivity index (χ4n) is 0.0292. The van der Waals surface area contributed by atoms with Crippen LogP contribution in [0.5, 0.6) is 0 Å². The zero-order chi connectivity index (χ0) is 22.9. The Kier molecular flexibility index (Phi) is 246. The van der Waals surface area contributed by atoms with Crippen LogP contribution >= 0.6 is 0 Å². The minimum Gasteiger partial charge on any atom is -0.319 e. The molecule has 0 aromatic carbocycles. The molecule has 0 unspecified atom stereocenters. The van der Waals surface area contributed by atoms with Gasteiger partial charge in [0.2, 0.25) is 34.6 Å². The Morgan fingerprint density at radius 1 is 0.433 bits per heavy atom. The Balaban J connectivity index is -0.0000000154. The van der Waals surface area contributed by atoms with Gasteiger partial charge in [-0.1, -0.05) is 29.7 Å². The summed E-state index contributed by atoms with van der Waals surface area (Å²) in [5, 5.41) is 0. The molecule has 18 heteroatoms. The Hall–Kier alpha value is -1.20. The van der Waals surface area contributed by atoms with Gasteiger partial charge in [-0.25, -0.2) is 48.3 Å². The quantitative estimate of drug-likeness (QED) is 0.353. The maximum atomic E-state index is 10.5. The molecule has 0 spiro atoms. The monoisotopic (exact) mass is 510 g/mol. The number of hydrogen-bond donors (Lipinski definition) is 0. The van der Waals surface area contributed by atoms with Crippen LogP contribution < -0.4 is 0 Å². The van der Waals surface area contributed by atoms with Crippen molar-refractivity contribution >= 4 is 0 Å². The predicted octanol–water partition coefficient (Wildman–Crippen LogP) is 9.22. The van der Waals surface area contributed by atoms with E-state index < -0.39 is 54.7 Å². The van der Waals surface area contributed by atoms with Crippen molar-refractivity contribution in [1.29, 1.82) is 0 Å². The van der Waals surface area contributed by atoms with E-state index in [1.165, 1.54) is 0 Å². The lowest BCUT2D eigenvalue weighted by Crippen LogP contribution is -1.92. The molecule has 0 aliphatic rings. The van der Waals surface area contributed by atoms with E-state index in [9.17, 15) is 70.4 Å². The third kappa shape index (κ3) is 5510. The van der Waals surface area contributed by atoms with Gasteiger partial charge >= 0.3 is 6.43 Å². The van der Waals surface area contributed by atoms with Gasteiger partial charge in [-0.05, 0) is 4.53 Å². The van der Waals surface area contributed by atoms with E-state index in [2.05, 4.69) is 9.68 Å². The molecule has 0 fully saturated rings. The molecule has 0 saturated carbocycles. The van der Waals surface area contributed by atoms with Crippen molar-refractivity contribution in [2.24, 2.45) is 0 Å². The number of hydrogen-bond acceptors (Lipinski definition) is 2. The first-order chi connectivity index (χ1) is 12.0. The number of rotatable bonds is 3. The van der Waals surface area contributed by atoms with Crippen molar-refractivity contribution in [3.8, 4) is 0 Å². The van der Waals surface area contributed by atoms with Crippen LogP contribution in [0.3, 0.4) is 0 Å². The van der Waals surface area contributed by atoms with Crippen molar-refractivity contribution in [2.75, 3.05) is 48.3 Å². The molecule has 0 rings (SSSR count). The first-order valence-electron chi connectivity index (χ1n) is 4.72. The smallest absolute Gasteiger partial charge is 0.319 e. The van der Waals surface area contributed by atoms with Crippen LogP contribution in [0, 0.1) is 0 Å². The molecule has 0 radical (unpaired) electrons. The SMILES string of the molecule is C.C.C.C.FC(F)(F)F.FCF.FCF.FCF.FCF.FCOCF.FCOF. The molecule has 0 saturated heterocycles. The molecule has 0 bridgehead atoms. The van der Waals surface area contributed by atoms with Gasteiger partial charge in [0.15, 0.2) is 13.7 Å². The van der Waals surface area contributed by atoms with Gasteiger partial charge in [-0.15, -0.1) is 17.6 Å². The molecule has 0 aliphatic carbocycles. The van der Waals surface area contributed by atoms with Gasteiger partial charge in [0, 0.05) is 0 Å². The highest BCUT2D eigenvalue weighted by Gasteiger charge is 2.24. The minimum atomic E-state index is -5.50. The molecule has 0 amide bonds. The maximum absolute atomic E-state index is 10.5. The van der Waals surface area contributed by atoms with Gasteiger partial charge in [0.25, 0.3) is 0 Å². The second kappa shape index (κ2) is 105. The highest BCUT2D eigenvalue weighted by molar-refractivity contribution is 4.08. The first kappa shape index (κ1) is 70.2. The zero-order valence-corrected chi connectivity index (χ0v) is 12.3. The Labute approximate surface area is 166 Å². The molecule has 0 heterocycles. The molecule has 2 nitrogen and oxygen atoms in total. The largest absolute Gasteiger partial charge is 0.559 e. The molecule has 0 N–H and O–H groups in total. The van der Waals surface area contributed by atoms with Gasteiger partial charge < -0.3 is 4.74 Å². The second-order valence-electron chi connectivity index (χ2n) is 1.47. The van der Waals surface area contributed by atoms with Crippen molar-refractivity contribution < 1.29 is 80.1 Å². The second-order valence-corrected chi connectivity index (χ2v) is 1.47. The number of alkyl halides is 15. The van der Waals surface area contributed by atoms with Crippen LogP contribution in [-0.2, 0) is 9.68 Å². The van der Waals surface area contributed by atoms with Gasteiger partial charge in [-0.2, -0.15) is 4.94 Å². The lowest BCUT2D eigenvalue weighted by molar-refractivity contribution is -0.237. The summed E-state index contributed by atoms with van der Waals surface area (Å²) < 4.78 is 160. The Morgan fingerprint density at radius 2 is 0.533 bits per heavy atom. The number of halogens is 16. The van der Waals surface area contributed by atoms with Crippen LogP contribution in [0.2, 0.25) is 0 Å². The van der Waals surface area contributed by atoms with E-state index in [1.807, 2.05) is 0 Å². The topological polar surface area (TPSA) is 18.5 Å². The molecular weight excluding hydrogens is 480 g/mol. The van der Waals surface area contributed by atoms with Crippen LogP contribution in [-0.4, -0.2) is 54.7 Å². The molecule has 0 aromatic rings. The molecule has 202 valence electrons. The van der Waals surface area contributed by atoms with E-state index >= 15 is 0 Å². The zero-order valence-electron chi connectivity index (χ0n) is 12.3. The fourth-order valence-corrected chi connectivity index (χ4v) is 0.0292. The third-order valence-electron chi connectivity index (χ3n) is 0.196. The predicted molar refractivity (Wildman–Crippen MR) is 83.6 cm³/mol. The summed E-state index contributed by atoms with van der Waals surface area (Å²) in [6, 6.07) is 0. The summed E-state index contributed by atoms with van der Waals surface area (Å²) in [5.74, 6) is 0. The maximum Gasteiger partial charge on any atom is 0.559 e. The summed E-state index contributed by atoms with van der Waals surface area (Å²) in [6.45, 7) is -10.4. The van der Waals surface area contributed by atoms with E-state index in [1.54, 1.807) is 0 Å². The Morgan fingerprint density at radius 3 is 0.533 bits per heavy atom. The summed E-state index contributed by atoms with van der Waals surface area (Å²) in [5.41, 5.74) is 0. The van der Waals surface area contributed by atoms with Crippen molar-refractivity contribution in [3.63, 3.8) is 0 Å². The third-order valence-corrected chi connectivity index (χ3v) is 0.196. The first-order valence-corrected chi connectivity index (χ1v) is 4.72. The number of ether oxygens (including phenoxy) is 1. The summed E-state index contributed by atoms with van der Waals surface area (Å²) in [4.78, 5) is 2.38. The summed E-state index contributed by atoms with van der Waals surface area (Å²) in [7, 11) is 0. The minimum absolute atomic E-state index is 0. The standard InChI is InChI=1S/C2H4F2O.CF4.CH2F2O.4CH2F2.4CH4/c3-1-5-2-4;2-1(3,4)5;2-1-4-3;4*2-1-3;;;;/h1-2H2;;1H2;4*1H2;4*1H4. The average molecular weight is 510 g/mol. The van der Waals surface area contributed by atoms with E-state index in [4.69, 9.17) is 0 Å². The Bertz CT molecular complexity index is 128.